The van der Waals surface area contributed by atoms with Crippen molar-refractivity contribution in [2.24, 2.45) is 5.41 Å². The molecule has 3 aromatic rings. The SMILES string of the molecule is CCOC(=O)c1cn2c(c(OC)c1=O)-c1ccc(-c3cnc(Cl)nc3)cc1CC2C(C)(C)C. The Kier molecular flexibility index (Phi) is 6.01. The zero-order chi connectivity index (χ0) is 23.9. The van der Waals surface area contributed by atoms with Gasteiger partial charge in [0.25, 0.3) is 0 Å². The molecule has 0 aliphatic carbocycles. The third-order valence-electron chi connectivity index (χ3n) is 5.95. The molecule has 33 heavy (non-hydrogen) atoms. The molecule has 0 bridgehead atoms. The molecule has 1 aliphatic rings. The van der Waals surface area contributed by atoms with Crippen LogP contribution in [0.3, 0.4) is 0 Å². The van der Waals surface area contributed by atoms with Crippen molar-refractivity contribution >= 4 is 17.6 Å². The zero-order valence-corrected chi connectivity index (χ0v) is 20.1. The zero-order valence-electron chi connectivity index (χ0n) is 19.3. The van der Waals surface area contributed by atoms with Gasteiger partial charge in [-0.2, -0.15) is 0 Å². The van der Waals surface area contributed by atoms with Gasteiger partial charge in [-0.15, -0.1) is 0 Å². The second-order valence-electron chi connectivity index (χ2n) is 9.08. The van der Waals surface area contributed by atoms with Crippen LogP contribution >= 0.6 is 11.6 Å². The molecule has 0 amide bonds. The van der Waals surface area contributed by atoms with Crippen molar-refractivity contribution in [1.82, 2.24) is 14.5 Å². The Hall–Kier alpha value is -3.19. The molecule has 1 unspecified atom stereocenters. The summed E-state index contributed by atoms with van der Waals surface area (Å²) in [5.41, 5.74) is 3.76. The van der Waals surface area contributed by atoms with Crippen LogP contribution in [0.25, 0.3) is 22.4 Å². The second kappa shape index (κ2) is 8.63. The van der Waals surface area contributed by atoms with Gasteiger partial charge in [-0.1, -0.05) is 39.0 Å². The molecule has 3 heterocycles. The number of nitrogens with zero attached hydrogens (tertiary/aromatic N) is 3. The summed E-state index contributed by atoms with van der Waals surface area (Å²) in [5, 5.41) is 0.194. The minimum atomic E-state index is -0.646. The van der Waals surface area contributed by atoms with E-state index in [-0.39, 0.29) is 34.7 Å². The molecule has 1 aliphatic heterocycles. The fraction of sp³-hybridized carbons (Fsp3) is 0.360. The fourth-order valence-corrected chi connectivity index (χ4v) is 4.42. The second-order valence-corrected chi connectivity index (χ2v) is 9.42. The highest BCUT2D eigenvalue weighted by Gasteiger charge is 2.36. The summed E-state index contributed by atoms with van der Waals surface area (Å²) in [4.78, 5) is 33.9. The molecule has 0 fully saturated rings. The Balaban J connectivity index is 1.97. The number of carbonyl (C=O) groups is 1. The number of hydrogen-bond acceptors (Lipinski definition) is 6. The lowest BCUT2D eigenvalue weighted by Gasteiger charge is -2.39. The van der Waals surface area contributed by atoms with Crippen LogP contribution < -0.4 is 10.2 Å². The lowest BCUT2D eigenvalue weighted by Crippen LogP contribution is -2.33. The summed E-state index contributed by atoms with van der Waals surface area (Å²) in [6, 6.07) is 5.99. The highest BCUT2D eigenvalue weighted by atomic mass is 35.5. The number of rotatable bonds is 4. The highest BCUT2D eigenvalue weighted by Crippen LogP contribution is 2.46. The Morgan fingerprint density at radius 3 is 2.52 bits per heavy atom. The molecular weight excluding hydrogens is 442 g/mol. The van der Waals surface area contributed by atoms with Crippen molar-refractivity contribution in [3.63, 3.8) is 0 Å². The van der Waals surface area contributed by atoms with E-state index in [0.29, 0.717) is 12.1 Å². The number of carbonyl (C=O) groups excluding carboxylic acids is 1. The van der Waals surface area contributed by atoms with E-state index >= 15 is 0 Å². The van der Waals surface area contributed by atoms with Crippen LogP contribution in [-0.2, 0) is 11.2 Å². The summed E-state index contributed by atoms with van der Waals surface area (Å²) >= 11 is 5.84. The predicted molar refractivity (Wildman–Crippen MR) is 127 cm³/mol. The van der Waals surface area contributed by atoms with E-state index < -0.39 is 11.4 Å². The van der Waals surface area contributed by atoms with Crippen molar-refractivity contribution in [3.8, 4) is 28.1 Å². The maximum absolute atomic E-state index is 13.2. The molecule has 4 rings (SSSR count). The third kappa shape index (κ3) is 4.13. The summed E-state index contributed by atoms with van der Waals surface area (Å²) < 4.78 is 12.7. The first kappa shape index (κ1) is 23.0. The number of hydrogen-bond donors (Lipinski definition) is 0. The largest absolute Gasteiger partial charge is 0.491 e. The average molecular weight is 468 g/mol. The molecule has 1 atom stereocenters. The van der Waals surface area contributed by atoms with Crippen molar-refractivity contribution in [2.45, 2.75) is 40.2 Å². The van der Waals surface area contributed by atoms with Crippen LogP contribution in [0.1, 0.15) is 49.7 Å². The van der Waals surface area contributed by atoms with Gasteiger partial charge < -0.3 is 14.0 Å². The first-order valence-electron chi connectivity index (χ1n) is 10.8. The van der Waals surface area contributed by atoms with Crippen LogP contribution in [0.4, 0.5) is 0 Å². The first-order valence-corrected chi connectivity index (χ1v) is 11.1. The number of pyridine rings is 1. The van der Waals surface area contributed by atoms with Gasteiger partial charge in [0, 0.05) is 35.8 Å². The maximum atomic E-state index is 13.2. The molecule has 172 valence electrons. The fourth-order valence-electron chi connectivity index (χ4n) is 4.32. The van der Waals surface area contributed by atoms with Gasteiger partial charge in [-0.25, -0.2) is 14.8 Å². The molecule has 8 heteroatoms. The monoisotopic (exact) mass is 467 g/mol. The topological polar surface area (TPSA) is 83.3 Å². The highest BCUT2D eigenvalue weighted by molar-refractivity contribution is 6.28. The number of methoxy groups -OCH3 is 1. The molecule has 7 nitrogen and oxygen atoms in total. The Labute approximate surface area is 197 Å². The van der Waals surface area contributed by atoms with Gasteiger partial charge >= 0.3 is 5.97 Å². The van der Waals surface area contributed by atoms with Gasteiger partial charge in [0.2, 0.25) is 10.7 Å². The van der Waals surface area contributed by atoms with Crippen molar-refractivity contribution < 1.29 is 14.3 Å². The lowest BCUT2D eigenvalue weighted by molar-refractivity contribution is 0.0522. The summed E-state index contributed by atoms with van der Waals surface area (Å²) in [6.45, 7) is 8.31. The molecular formula is C25H26ClN3O4. The van der Waals surface area contributed by atoms with E-state index in [0.717, 1.165) is 22.3 Å². The van der Waals surface area contributed by atoms with E-state index in [1.807, 2.05) is 16.7 Å². The summed E-state index contributed by atoms with van der Waals surface area (Å²) in [5.74, 6) is -0.508. The predicted octanol–water partition coefficient (Wildman–Crippen LogP) is 4.95. The van der Waals surface area contributed by atoms with Crippen molar-refractivity contribution in [3.05, 3.63) is 63.4 Å². The average Bonchev–Trinajstić information content (AvgIpc) is 2.77. The van der Waals surface area contributed by atoms with E-state index in [4.69, 9.17) is 21.1 Å². The number of ether oxygens (including phenoxy) is 2. The number of esters is 1. The molecule has 0 radical (unpaired) electrons. The van der Waals surface area contributed by atoms with Crippen LogP contribution in [0, 0.1) is 5.41 Å². The van der Waals surface area contributed by atoms with E-state index in [1.165, 1.54) is 7.11 Å². The Morgan fingerprint density at radius 1 is 1.21 bits per heavy atom. The minimum absolute atomic E-state index is 0.0231. The van der Waals surface area contributed by atoms with Crippen LogP contribution in [0.15, 0.2) is 41.6 Å². The maximum Gasteiger partial charge on any atom is 0.343 e. The van der Waals surface area contributed by atoms with Crippen LogP contribution in [-0.4, -0.2) is 34.2 Å². The molecule has 2 aromatic heterocycles. The standard InChI is InChI=1S/C25H26ClN3O4/c1-6-33-23(31)18-13-29-19(25(2,3)4)10-15-9-14(16-11-27-24(26)28-12-16)7-8-17(15)20(29)22(32-5)21(18)30/h7-9,11-13,19H,6,10H2,1-5H3. The first-order chi connectivity index (χ1) is 15.7. The van der Waals surface area contributed by atoms with Crippen molar-refractivity contribution in [2.75, 3.05) is 13.7 Å². The van der Waals surface area contributed by atoms with Gasteiger partial charge in [0.1, 0.15) is 5.56 Å². The number of halogens is 1. The molecule has 0 N–H and O–H groups in total. The summed E-state index contributed by atoms with van der Waals surface area (Å²) in [7, 11) is 1.45. The summed E-state index contributed by atoms with van der Waals surface area (Å²) in [6.07, 6.45) is 5.71. The van der Waals surface area contributed by atoms with Crippen LogP contribution in [0.2, 0.25) is 5.28 Å². The number of aromatic nitrogens is 3. The lowest BCUT2D eigenvalue weighted by atomic mass is 9.78. The van der Waals surface area contributed by atoms with Crippen molar-refractivity contribution in [1.29, 1.82) is 0 Å². The normalized spacial score (nSPS) is 14.9. The van der Waals surface area contributed by atoms with Gasteiger partial charge in [-0.05, 0) is 41.5 Å². The molecule has 0 saturated heterocycles. The quantitative estimate of drug-likeness (QED) is 0.398. The minimum Gasteiger partial charge on any atom is -0.491 e. The van der Waals surface area contributed by atoms with Gasteiger partial charge in [0.15, 0.2) is 5.75 Å². The smallest absolute Gasteiger partial charge is 0.343 e. The van der Waals surface area contributed by atoms with E-state index in [1.54, 1.807) is 25.5 Å². The van der Waals surface area contributed by atoms with Crippen LogP contribution in [0.5, 0.6) is 5.75 Å². The van der Waals surface area contributed by atoms with Gasteiger partial charge in [-0.3, -0.25) is 4.79 Å². The number of fused-ring (bicyclic) bond motifs is 3. The number of benzene rings is 1. The van der Waals surface area contributed by atoms with Gasteiger partial charge in [0.05, 0.1) is 19.4 Å². The molecule has 0 spiro atoms. The molecule has 1 aromatic carbocycles. The Morgan fingerprint density at radius 2 is 1.91 bits per heavy atom. The third-order valence-corrected chi connectivity index (χ3v) is 6.15. The van der Waals surface area contributed by atoms with E-state index in [9.17, 15) is 9.59 Å². The van der Waals surface area contributed by atoms with E-state index in [2.05, 4.69) is 36.8 Å². The Bertz CT molecular complexity index is 1280. The molecule has 0 saturated carbocycles.